The van der Waals surface area contributed by atoms with Gasteiger partial charge in [-0.15, -0.1) is 0 Å². The van der Waals surface area contributed by atoms with Crippen LogP contribution in [0, 0.1) is 17.3 Å². The highest BCUT2D eigenvalue weighted by Gasteiger charge is 2.35. The van der Waals surface area contributed by atoms with Crippen molar-refractivity contribution in [3.8, 4) is 0 Å². The average Bonchev–Trinajstić information content (AvgIpc) is 2.15. The van der Waals surface area contributed by atoms with Crippen molar-refractivity contribution in [2.24, 2.45) is 17.3 Å². The Bertz CT molecular complexity index is 200. The van der Waals surface area contributed by atoms with Gasteiger partial charge in [0.1, 0.15) is 5.78 Å². The van der Waals surface area contributed by atoms with E-state index in [1.807, 2.05) is 0 Å². The minimum absolute atomic E-state index is 0.143. The lowest BCUT2D eigenvalue weighted by atomic mass is 9.70. The Morgan fingerprint density at radius 2 is 1.79 bits per heavy atom. The zero-order chi connectivity index (χ0) is 10.8. The number of ketones is 1. The molecule has 2 unspecified atom stereocenters. The molecule has 2 atom stereocenters. The van der Waals surface area contributed by atoms with Gasteiger partial charge in [-0.2, -0.15) is 0 Å². The maximum atomic E-state index is 12.2. The molecule has 0 heterocycles. The van der Waals surface area contributed by atoms with E-state index < -0.39 is 0 Å². The molecule has 0 aromatic heterocycles. The summed E-state index contributed by atoms with van der Waals surface area (Å²) in [6, 6.07) is 0. The fourth-order valence-electron chi connectivity index (χ4n) is 2.60. The van der Waals surface area contributed by atoms with Crippen molar-refractivity contribution in [1.29, 1.82) is 0 Å². The first-order valence-electron chi connectivity index (χ1n) is 6.01. The minimum Gasteiger partial charge on any atom is -0.299 e. The van der Waals surface area contributed by atoms with Gasteiger partial charge in [-0.25, -0.2) is 0 Å². The molecule has 0 bridgehead atoms. The molecule has 0 radical (unpaired) electrons. The second-order valence-corrected chi connectivity index (χ2v) is 5.67. The summed E-state index contributed by atoms with van der Waals surface area (Å²) in [7, 11) is 0. The van der Waals surface area contributed by atoms with Crippen LogP contribution in [0.15, 0.2) is 0 Å². The van der Waals surface area contributed by atoms with Crippen LogP contribution >= 0.6 is 0 Å². The molecule has 0 N–H and O–H groups in total. The molecule has 1 nitrogen and oxygen atoms in total. The van der Waals surface area contributed by atoms with Crippen molar-refractivity contribution >= 4 is 5.78 Å². The van der Waals surface area contributed by atoms with E-state index in [9.17, 15) is 4.79 Å². The summed E-state index contributed by atoms with van der Waals surface area (Å²) in [4.78, 5) is 12.2. The van der Waals surface area contributed by atoms with Gasteiger partial charge in [0.25, 0.3) is 0 Å². The van der Waals surface area contributed by atoms with Crippen LogP contribution in [0.5, 0.6) is 0 Å². The fraction of sp³-hybridized carbons (Fsp3) is 0.923. The summed E-state index contributed by atoms with van der Waals surface area (Å²) in [6.45, 7) is 8.38. The molecule has 1 saturated carbocycles. The van der Waals surface area contributed by atoms with E-state index in [1.54, 1.807) is 0 Å². The molecule has 0 saturated heterocycles. The van der Waals surface area contributed by atoms with Gasteiger partial charge in [0.15, 0.2) is 0 Å². The Balaban J connectivity index is 2.69. The van der Waals surface area contributed by atoms with Crippen molar-refractivity contribution in [2.75, 3.05) is 0 Å². The smallest absolute Gasteiger partial charge is 0.141 e. The van der Waals surface area contributed by atoms with Gasteiger partial charge in [-0.1, -0.05) is 47.0 Å². The average molecular weight is 196 g/mol. The van der Waals surface area contributed by atoms with Gasteiger partial charge in [0, 0.05) is 11.3 Å². The van der Waals surface area contributed by atoms with Crippen LogP contribution in [-0.2, 0) is 4.79 Å². The molecule has 1 fully saturated rings. The van der Waals surface area contributed by atoms with Crippen molar-refractivity contribution in [2.45, 2.75) is 59.8 Å². The zero-order valence-electron chi connectivity index (χ0n) is 10.1. The van der Waals surface area contributed by atoms with E-state index in [0.717, 1.165) is 6.42 Å². The summed E-state index contributed by atoms with van der Waals surface area (Å²) >= 11 is 0. The molecule has 1 heteroatoms. The number of carbonyl (C=O) groups excluding carboxylic acids is 1. The van der Waals surface area contributed by atoms with Crippen LogP contribution in [0.4, 0.5) is 0 Å². The number of rotatable bonds is 2. The molecule has 0 aromatic rings. The molecule has 0 aliphatic heterocycles. The third-order valence-corrected chi connectivity index (χ3v) is 3.51. The maximum absolute atomic E-state index is 12.2. The standard InChI is InChI=1S/C13H24O/c1-5-10-8-6-7-9-11(10)12(14)13(2,3)4/h10-11H,5-9H2,1-4H3. The molecule has 1 rings (SSSR count). The summed E-state index contributed by atoms with van der Waals surface area (Å²) in [5, 5.41) is 0. The first-order valence-corrected chi connectivity index (χ1v) is 6.01. The molecule has 0 spiro atoms. The largest absolute Gasteiger partial charge is 0.299 e. The zero-order valence-corrected chi connectivity index (χ0v) is 10.1. The van der Waals surface area contributed by atoms with E-state index in [2.05, 4.69) is 27.7 Å². The Labute approximate surface area is 88.3 Å². The molecule has 0 amide bonds. The topological polar surface area (TPSA) is 17.1 Å². The highest BCUT2D eigenvalue weighted by molar-refractivity contribution is 5.86. The predicted molar refractivity (Wildman–Crippen MR) is 60.2 cm³/mol. The first kappa shape index (κ1) is 11.7. The fourth-order valence-corrected chi connectivity index (χ4v) is 2.60. The van der Waals surface area contributed by atoms with Crippen molar-refractivity contribution in [1.82, 2.24) is 0 Å². The van der Waals surface area contributed by atoms with E-state index in [4.69, 9.17) is 0 Å². The second kappa shape index (κ2) is 4.46. The first-order chi connectivity index (χ1) is 6.46. The third kappa shape index (κ3) is 2.59. The monoisotopic (exact) mass is 196 g/mol. The van der Waals surface area contributed by atoms with Gasteiger partial charge in [0.05, 0.1) is 0 Å². The minimum atomic E-state index is -0.143. The Morgan fingerprint density at radius 1 is 1.21 bits per heavy atom. The highest BCUT2D eigenvalue weighted by atomic mass is 16.1. The van der Waals surface area contributed by atoms with Gasteiger partial charge >= 0.3 is 0 Å². The molecule has 82 valence electrons. The van der Waals surface area contributed by atoms with Crippen molar-refractivity contribution in [3.63, 3.8) is 0 Å². The summed E-state index contributed by atoms with van der Waals surface area (Å²) in [5.41, 5.74) is -0.143. The lowest BCUT2D eigenvalue weighted by molar-refractivity contribution is -0.133. The second-order valence-electron chi connectivity index (χ2n) is 5.67. The molecule has 14 heavy (non-hydrogen) atoms. The van der Waals surface area contributed by atoms with E-state index >= 15 is 0 Å². The van der Waals surface area contributed by atoms with Gasteiger partial charge in [-0.3, -0.25) is 4.79 Å². The Kier molecular flexibility index (Phi) is 3.74. The van der Waals surface area contributed by atoms with Gasteiger partial charge in [0.2, 0.25) is 0 Å². The third-order valence-electron chi connectivity index (χ3n) is 3.51. The molecule has 0 aromatic carbocycles. The van der Waals surface area contributed by atoms with E-state index in [0.29, 0.717) is 17.6 Å². The van der Waals surface area contributed by atoms with Gasteiger partial charge < -0.3 is 0 Å². The summed E-state index contributed by atoms with van der Waals surface area (Å²) < 4.78 is 0. The van der Waals surface area contributed by atoms with Crippen LogP contribution in [0.1, 0.15) is 59.8 Å². The number of Topliss-reactive ketones (excluding diaryl/α,β-unsaturated/α-hetero) is 1. The quantitative estimate of drug-likeness (QED) is 0.656. The van der Waals surface area contributed by atoms with Crippen LogP contribution in [0.2, 0.25) is 0 Å². The van der Waals surface area contributed by atoms with Crippen molar-refractivity contribution in [3.05, 3.63) is 0 Å². The highest BCUT2D eigenvalue weighted by Crippen LogP contribution is 2.36. The predicted octanol–water partition coefficient (Wildman–Crippen LogP) is 3.82. The van der Waals surface area contributed by atoms with E-state index in [-0.39, 0.29) is 5.41 Å². The summed E-state index contributed by atoms with van der Waals surface area (Å²) in [5.74, 6) is 1.51. The van der Waals surface area contributed by atoms with Crippen LogP contribution < -0.4 is 0 Å². The number of hydrogen-bond donors (Lipinski definition) is 0. The molecule has 1 aliphatic carbocycles. The number of carbonyl (C=O) groups is 1. The Morgan fingerprint density at radius 3 is 2.29 bits per heavy atom. The molecular formula is C13H24O. The lowest BCUT2D eigenvalue weighted by Gasteiger charge is -2.33. The number of hydrogen-bond acceptors (Lipinski definition) is 1. The summed E-state index contributed by atoms with van der Waals surface area (Å²) in [6.07, 6.45) is 6.15. The molecular weight excluding hydrogens is 172 g/mol. The normalized spacial score (nSPS) is 28.9. The lowest BCUT2D eigenvalue weighted by Crippen LogP contribution is -2.34. The molecule has 1 aliphatic rings. The maximum Gasteiger partial charge on any atom is 0.141 e. The van der Waals surface area contributed by atoms with Crippen LogP contribution in [0.25, 0.3) is 0 Å². The van der Waals surface area contributed by atoms with E-state index in [1.165, 1.54) is 25.7 Å². The SMILES string of the molecule is CCC1CCCCC1C(=O)C(C)(C)C. The van der Waals surface area contributed by atoms with Crippen LogP contribution in [0.3, 0.4) is 0 Å². The van der Waals surface area contributed by atoms with Crippen LogP contribution in [-0.4, -0.2) is 5.78 Å². The van der Waals surface area contributed by atoms with Crippen molar-refractivity contribution < 1.29 is 4.79 Å². The van der Waals surface area contributed by atoms with Gasteiger partial charge in [-0.05, 0) is 18.8 Å². The Hall–Kier alpha value is -0.330.